The second kappa shape index (κ2) is 6.44. The average Bonchev–Trinajstić information content (AvgIpc) is 2.43. The van der Waals surface area contributed by atoms with E-state index in [2.05, 4.69) is 0 Å². The van der Waals surface area contributed by atoms with Crippen LogP contribution < -0.4 is 10.5 Å². The molecule has 0 spiro atoms. The number of rotatable bonds is 4. The first kappa shape index (κ1) is 15.1. The summed E-state index contributed by atoms with van der Waals surface area (Å²) in [6.07, 6.45) is 0.508. The standard InChI is InChI=1S/C15H14Cl2FNO/c1-20-15-8-9(2-5-13(15)18)14(19)7-10-6-11(16)3-4-12(10)17/h2-6,8,14H,7,19H2,1H3. The fraction of sp³-hybridized carbons (Fsp3) is 0.200. The maximum atomic E-state index is 13.4. The van der Waals surface area contributed by atoms with Crippen molar-refractivity contribution in [2.24, 2.45) is 5.73 Å². The first-order chi connectivity index (χ1) is 9.51. The zero-order valence-electron chi connectivity index (χ0n) is 10.9. The van der Waals surface area contributed by atoms with Crippen molar-refractivity contribution in [1.29, 1.82) is 0 Å². The third-order valence-electron chi connectivity index (χ3n) is 3.05. The van der Waals surface area contributed by atoms with Crippen LogP contribution in [0.3, 0.4) is 0 Å². The lowest BCUT2D eigenvalue weighted by atomic mass is 9.99. The van der Waals surface area contributed by atoms with E-state index >= 15 is 0 Å². The average molecular weight is 314 g/mol. The van der Waals surface area contributed by atoms with Crippen LogP contribution >= 0.6 is 23.2 Å². The maximum Gasteiger partial charge on any atom is 0.165 e. The largest absolute Gasteiger partial charge is 0.494 e. The van der Waals surface area contributed by atoms with Crippen LogP contribution in [-0.4, -0.2) is 7.11 Å². The van der Waals surface area contributed by atoms with E-state index in [4.69, 9.17) is 33.7 Å². The zero-order chi connectivity index (χ0) is 14.7. The van der Waals surface area contributed by atoms with Gasteiger partial charge in [-0.3, -0.25) is 0 Å². The van der Waals surface area contributed by atoms with Crippen molar-refractivity contribution < 1.29 is 9.13 Å². The molecule has 0 aliphatic carbocycles. The number of halogens is 3. The van der Waals surface area contributed by atoms with Gasteiger partial charge in [0.15, 0.2) is 11.6 Å². The minimum Gasteiger partial charge on any atom is -0.494 e. The fourth-order valence-electron chi connectivity index (χ4n) is 1.96. The van der Waals surface area contributed by atoms with Gasteiger partial charge in [0.2, 0.25) is 0 Å². The van der Waals surface area contributed by atoms with Crippen LogP contribution in [0.25, 0.3) is 0 Å². The van der Waals surface area contributed by atoms with Gasteiger partial charge in [-0.25, -0.2) is 4.39 Å². The van der Waals surface area contributed by atoms with Gasteiger partial charge in [0.1, 0.15) is 0 Å². The van der Waals surface area contributed by atoms with Gasteiger partial charge in [-0.1, -0.05) is 29.3 Å². The first-order valence-corrected chi connectivity index (χ1v) is 6.80. The molecule has 20 heavy (non-hydrogen) atoms. The number of ether oxygens (including phenoxy) is 1. The predicted molar refractivity (Wildman–Crippen MR) is 80.0 cm³/mol. The summed E-state index contributed by atoms with van der Waals surface area (Å²) in [6.45, 7) is 0. The number of methoxy groups -OCH3 is 1. The van der Waals surface area contributed by atoms with Gasteiger partial charge >= 0.3 is 0 Å². The highest BCUT2D eigenvalue weighted by atomic mass is 35.5. The van der Waals surface area contributed by atoms with E-state index in [9.17, 15) is 4.39 Å². The van der Waals surface area contributed by atoms with Crippen molar-refractivity contribution in [1.82, 2.24) is 0 Å². The number of nitrogens with two attached hydrogens (primary N) is 1. The lowest BCUT2D eigenvalue weighted by Crippen LogP contribution is -2.14. The number of hydrogen-bond donors (Lipinski definition) is 1. The highest BCUT2D eigenvalue weighted by Gasteiger charge is 2.13. The van der Waals surface area contributed by atoms with Gasteiger partial charge in [-0.05, 0) is 47.9 Å². The monoisotopic (exact) mass is 313 g/mol. The Bertz CT molecular complexity index is 619. The van der Waals surface area contributed by atoms with E-state index in [1.54, 1.807) is 30.3 Å². The van der Waals surface area contributed by atoms with Gasteiger partial charge in [-0.15, -0.1) is 0 Å². The maximum absolute atomic E-state index is 13.4. The third kappa shape index (κ3) is 3.42. The highest BCUT2D eigenvalue weighted by molar-refractivity contribution is 6.33. The zero-order valence-corrected chi connectivity index (χ0v) is 12.4. The van der Waals surface area contributed by atoms with Gasteiger partial charge in [0.25, 0.3) is 0 Å². The Balaban J connectivity index is 2.23. The van der Waals surface area contributed by atoms with Crippen molar-refractivity contribution in [2.45, 2.75) is 12.5 Å². The van der Waals surface area contributed by atoms with Crippen molar-refractivity contribution in [2.75, 3.05) is 7.11 Å². The Labute approximate surface area is 127 Å². The second-order valence-corrected chi connectivity index (χ2v) is 5.28. The van der Waals surface area contributed by atoms with Gasteiger partial charge < -0.3 is 10.5 Å². The van der Waals surface area contributed by atoms with Crippen molar-refractivity contribution in [3.63, 3.8) is 0 Å². The minimum atomic E-state index is -0.413. The molecule has 0 fully saturated rings. The molecule has 106 valence electrons. The molecule has 0 aliphatic rings. The molecule has 0 amide bonds. The molecule has 2 aromatic carbocycles. The predicted octanol–water partition coefficient (Wildman–Crippen LogP) is 4.38. The molecular weight excluding hydrogens is 300 g/mol. The SMILES string of the molecule is COc1cc(C(N)Cc2cc(Cl)ccc2Cl)ccc1F. The molecule has 1 unspecified atom stereocenters. The summed E-state index contributed by atoms with van der Waals surface area (Å²) in [4.78, 5) is 0. The molecule has 2 rings (SSSR count). The number of benzene rings is 2. The van der Waals surface area contributed by atoms with E-state index in [1.165, 1.54) is 13.2 Å². The normalized spacial score (nSPS) is 12.2. The summed E-state index contributed by atoms with van der Waals surface area (Å²) >= 11 is 12.1. The Kier molecular flexibility index (Phi) is 4.86. The van der Waals surface area contributed by atoms with Crippen LogP contribution in [0.2, 0.25) is 10.0 Å². The van der Waals surface area contributed by atoms with E-state index < -0.39 is 5.82 Å². The van der Waals surface area contributed by atoms with Crippen LogP contribution in [-0.2, 0) is 6.42 Å². The van der Waals surface area contributed by atoms with E-state index in [1.807, 2.05) is 0 Å². The lowest BCUT2D eigenvalue weighted by molar-refractivity contribution is 0.385. The van der Waals surface area contributed by atoms with E-state index in [0.717, 1.165) is 11.1 Å². The molecule has 2 aromatic rings. The molecule has 0 saturated carbocycles. The van der Waals surface area contributed by atoms with Crippen LogP contribution in [0.15, 0.2) is 36.4 Å². The quantitative estimate of drug-likeness (QED) is 0.909. The smallest absolute Gasteiger partial charge is 0.165 e. The first-order valence-electron chi connectivity index (χ1n) is 6.04. The Morgan fingerprint density at radius 1 is 1.20 bits per heavy atom. The number of hydrogen-bond acceptors (Lipinski definition) is 2. The Morgan fingerprint density at radius 2 is 1.95 bits per heavy atom. The molecule has 2 N–H and O–H groups in total. The van der Waals surface area contributed by atoms with Crippen LogP contribution in [0.4, 0.5) is 4.39 Å². The van der Waals surface area contributed by atoms with Gasteiger partial charge in [0, 0.05) is 16.1 Å². The van der Waals surface area contributed by atoms with Crippen molar-refractivity contribution in [3.05, 3.63) is 63.4 Å². The van der Waals surface area contributed by atoms with Gasteiger partial charge in [-0.2, -0.15) is 0 Å². The summed E-state index contributed by atoms with van der Waals surface area (Å²) in [5.74, 6) is -0.237. The lowest BCUT2D eigenvalue weighted by Gasteiger charge is -2.15. The molecule has 0 saturated heterocycles. The Morgan fingerprint density at radius 3 is 2.65 bits per heavy atom. The fourth-order valence-corrected chi connectivity index (χ4v) is 2.35. The molecule has 0 heterocycles. The van der Waals surface area contributed by atoms with Crippen LogP contribution in [0, 0.1) is 5.82 Å². The molecule has 1 atom stereocenters. The summed E-state index contributed by atoms with van der Waals surface area (Å²) in [5, 5.41) is 1.22. The van der Waals surface area contributed by atoms with Gasteiger partial charge in [0.05, 0.1) is 7.11 Å². The van der Waals surface area contributed by atoms with E-state index in [0.29, 0.717) is 16.5 Å². The molecular formula is C15H14Cl2FNO. The minimum absolute atomic E-state index is 0.176. The molecule has 5 heteroatoms. The molecule has 0 aromatic heterocycles. The molecule has 2 nitrogen and oxygen atoms in total. The van der Waals surface area contributed by atoms with Crippen LogP contribution in [0.1, 0.15) is 17.2 Å². The summed E-state index contributed by atoms with van der Waals surface area (Å²) in [5.41, 5.74) is 7.77. The second-order valence-electron chi connectivity index (χ2n) is 4.44. The third-order valence-corrected chi connectivity index (χ3v) is 3.65. The Hall–Kier alpha value is -1.29. The summed E-state index contributed by atoms with van der Waals surface area (Å²) < 4.78 is 18.3. The molecule has 0 bridgehead atoms. The van der Waals surface area contributed by atoms with Crippen LogP contribution in [0.5, 0.6) is 5.75 Å². The molecule has 0 radical (unpaired) electrons. The van der Waals surface area contributed by atoms with E-state index in [-0.39, 0.29) is 11.8 Å². The topological polar surface area (TPSA) is 35.2 Å². The highest BCUT2D eigenvalue weighted by Crippen LogP contribution is 2.27. The van der Waals surface area contributed by atoms with Crippen molar-refractivity contribution >= 4 is 23.2 Å². The molecule has 0 aliphatic heterocycles. The van der Waals surface area contributed by atoms with Crippen molar-refractivity contribution in [3.8, 4) is 5.75 Å². The summed E-state index contributed by atoms with van der Waals surface area (Å²) in [6, 6.07) is 9.50. The summed E-state index contributed by atoms with van der Waals surface area (Å²) in [7, 11) is 1.42.